The van der Waals surface area contributed by atoms with Gasteiger partial charge in [-0.15, -0.1) is 0 Å². The van der Waals surface area contributed by atoms with Crippen LogP contribution in [-0.4, -0.2) is 93.5 Å². The lowest BCUT2D eigenvalue weighted by molar-refractivity contribution is -0.0174. The SMILES string of the molecule is C.COCCOCCOCCOCCOCCOCCOC. The van der Waals surface area contributed by atoms with Crippen LogP contribution < -0.4 is 0 Å². The van der Waals surface area contributed by atoms with Gasteiger partial charge < -0.3 is 33.2 Å². The molecule has 0 aromatic heterocycles. The molecule has 0 saturated carbocycles. The summed E-state index contributed by atoms with van der Waals surface area (Å²) in [6.45, 7) is 6.97. The Labute approximate surface area is 135 Å². The van der Waals surface area contributed by atoms with Crippen LogP contribution in [0.15, 0.2) is 0 Å². The van der Waals surface area contributed by atoms with E-state index in [1.54, 1.807) is 14.2 Å². The smallest absolute Gasteiger partial charge is 0.0701 e. The molecule has 22 heavy (non-hydrogen) atoms. The van der Waals surface area contributed by atoms with Crippen molar-refractivity contribution >= 4 is 0 Å². The molecule has 0 aliphatic carbocycles. The van der Waals surface area contributed by atoms with Gasteiger partial charge in [-0.05, 0) is 0 Å². The molecule has 0 fully saturated rings. The Hall–Kier alpha value is -0.280. The van der Waals surface area contributed by atoms with Crippen LogP contribution in [0.1, 0.15) is 7.43 Å². The molecule has 0 N–H and O–H groups in total. The molecule has 0 aliphatic heterocycles. The molecule has 0 radical (unpaired) electrons. The Balaban J connectivity index is 0. The zero-order chi connectivity index (χ0) is 15.4. The number of methoxy groups -OCH3 is 2. The van der Waals surface area contributed by atoms with Crippen molar-refractivity contribution < 1.29 is 33.2 Å². The maximum absolute atomic E-state index is 5.35. The Kier molecular flexibility index (Phi) is 25.1. The molecule has 0 heterocycles. The minimum Gasteiger partial charge on any atom is -0.382 e. The van der Waals surface area contributed by atoms with Gasteiger partial charge in [-0.1, -0.05) is 7.43 Å². The molecule has 0 rings (SSSR count). The van der Waals surface area contributed by atoms with Crippen LogP contribution in [0.2, 0.25) is 0 Å². The quantitative estimate of drug-likeness (QED) is 0.348. The highest BCUT2D eigenvalue weighted by Crippen LogP contribution is 1.84. The van der Waals surface area contributed by atoms with Crippen molar-refractivity contribution in [3.05, 3.63) is 0 Å². The summed E-state index contributed by atoms with van der Waals surface area (Å²) in [4.78, 5) is 0. The molecule has 0 bridgehead atoms. The largest absolute Gasteiger partial charge is 0.382 e. The summed E-state index contributed by atoms with van der Waals surface area (Å²) in [5.74, 6) is 0. The Bertz CT molecular complexity index is 163. The molecule has 0 aliphatic rings. The van der Waals surface area contributed by atoms with E-state index in [0.717, 1.165) is 0 Å². The first kappa shape index (κ1) is 24.0. The maximum atomic E-state index is 5.35. The summed E-state index contributed by atoms with van der Waals surface area (Å²) < 4.78 is 36.2. The Morgan fingerprint density at radius 2 is 0.545 bits per heavy atom. The highest BCUT2D eigenvalue weighted by molar-refractivity contribution is 4.36. The first-order valence-electron chi connectivity index (χ1n) is 7.28. The van der Waals surface area contributed by atoms with Gasteiger partial charge in [0, 0.05) is 14.2 Å². The van der Waals surface area contributed by atoms with Gasteiger partial charge in [0.05, 0.1) is 79.3 Å². The van der Waals surface area contributed by atoms with E-state index in [9.17, 15) is 0 Å². The molecule has 0 spiro atoms. The summed E-state index contributed by atoms with van der Waals surface area (Å²) >= 11 is 0. The van der Waals surface area contributed by atoms with Gasteiger partial charge in [0.1, 0.15) is 0 Å². The molecule has 0 saturated heterocycles. The van der Waals surface area contributed by atoms with Gasteiger partial charge in [0.15, 0.2) is 0 Å². The van der Waals surface area contributed by atoms with Crippen LogP contribution in [-0.2, 0) is 33.2 Å². The van der Waals surface area contributed by atoms with E-state index >= 15 is 0 Å². The first-order chi connectivity index (χ1) is 10.4. The lowest BCUT2D eigenvalue weighted by Gasteiger charge is -2.07. The minimum atomic E-state index is 0. The number of hydrogen-bond acceptors (Lipinski definition) is 7. The van der Waals surface area contributed by atoms with Crippen LogP contribution in [0.4, 0.5) is 0 Å². The van der Waals surface area contributed by atoms with Gasteiger partial charge in [-0.25, -0.2) is 0 Å². The van der Waals surface area contributed by atoms with E-state index in [0.29, 0.717) is 79.3 Å². The lowest BCUT2D eigenvalue weighted by atomic mass is 10.7. The molecule has 136 valence electrons. The molecule has 0 aromatic rings. The number of rotatable bonds is 18. The van der Waals surface area contributed by atoms with Crippen LogP contribution in [0.25, 0.3) is 0 Å². The van der Waals surface area contributed by atoms with Gasteiger partial charge in [0.2, 0.25) is 0 Å². The van der Waals surface area contributed by atoms with Crippen molar-refractivity contribution in [3.63, 3.8) is 0 Å². The van der Waals surface area contributed by atoms with Crippen molar-refractivity contribution in [1.82, 2.24) is 0 Å². The second-order valence-corrected chi connectivity index (χ2v) is 4.05. The number of hydrogen-bond donors (Lipinski definition) is 0. The van der Waals surface area contributed by atoms with Crippen LogP contribution >= 0.6 is 0 Å². The van der Waals surface area contributed by atoms with Gasteiger partial charge >= 0.3 is 0 Å². The van der Waals surface area contributed by atoms with Crippen molar-refractivity contribution in [2.24, 2.45) is 0 Å². The average molecular weight is 326 g/mol. The fraction of sp³-hybridized carbons (Fsp3) is 1.00. The predicted octanol–water partition coefficient (Wildman–Crippen LogP) is 0.998. The van der Waals surface area contributed by atoms with Crippen LogP contribution in [0.3, 0.4) is 0 Å². The first-order valence-corrected chi connectivity index (χ1v) is 7.28. The molecular formula is C15H34O7. The Morgan fingerprint density at radius 1 is 0.364 bits per heavy atom. The maximum Gasteiger partial charge on any atom is 0.0701 e. The summed E-state index contributed by atoms with van der Waals surface area (Å²) in [7, 11) is 3.30. The van der Waals surface area contributed by atoms with Crippen molar-refractivity contribution in [3.8, 4) is 0 Å². The molecule has 0 unspecified atom stereocenters. The van der Waals surface area contributed by atoms with E-state index in [4.69, 9.17) is 33.2 Å². The molecule has 0 atom stereocenters. The van der Waals surface area contributed by atoms with Gasteiger partial charge in [-0.3, -0.25) is 0 Å². The molecular weight excluding hydrogens is 292 g/mol. The second kappa shape index (κ2) is 23.0. The third-order valence-corrected chi connectivity index (χ3v) is 2.35. The zero-order valence-corrected chi connectivity index (χ0v) is 13.3. The fourth-order valence-corrected chi connectivity index (χ4v) is 1.27. The normalized spacial score (nSPS) is 10.6. The van der Waals surface area contributed by atoms with Crippen LogP contribution in [0.5, 0.6) is 0 Å². The standard InChI is InChI=1S/C14H30O7.CH4/c1-15-3-5-17-7-9-19-11-13-21-14-12-20-10-8-18-6-4-16-2;/h3-14H2,1-2H3;1H4. The predicted molar refractivity (Wildman–Crippen MR) is 84.6 cm³/mol. The number of ether oxygens (including phenoxy) is 7. The van der Waals surface area contributed by atoms with Crippen molar-refractivity contribution in [1.29, 1.82) is 0 Å². The molecule has 0 amide bonds. The lowest BCUT2D eigenvalue weighted by Crippen LogP contribution is -2.14. The van der Waals surface area contributed by atoms with E-state index in [-0.39, 0.29) is 7.43 Å². The topological polar surface area (TPSA) is 64.6 Å². The molecule has 0 aromatic carbocycles. The average Bonchev–Trinajstić information content (AvgIpc) is 2.50. The highest BCUT2D eigenvalue weighted by atomic mass is 16.6. The van der Waals surface area contributed by atoms with Gasteiger partial charge in [0.25, 0.3) is 0 Å². The van der Waals surface area contributed by atoms with E-state index in [1.165, 1.54) is 0 Å². The summed E-state index contributed by atoms with van der Waals surface area (Å²) in [5, 5.41) is 0. The van der Waals surface area contributed by atoms with Crippen molar-refractivity contribution in [2.45, 2.75) is 7.43 Å². The third kappa shape index (κ3) is 22.0. The van der Waals surface area contributed by atoms with E-state index in [1.807, 2.05) is 0 Å². The second-order valence-electron chi connectivity index (χ2n) is 4.05. The summed E-state index contributed by atoms with van der Waals surface area (Å²) in [5.41, 5.74) is 0. The van der Waals surface area contributed by atoms with Crippen molar-refractivity contribution in [2.75, 3.05) is 93.5 Å². The zero-order valence-electron chi connectivity index (χ0n) is 13.3. The summed E-state index contributed by atoms with van der Waals surface area (Å²) in [6.07, 6.45) is 0. The summed E-state index contributed by atoms with van der Waals surface area (Å²) in [6, 6.07) is 0. The fourth-order valence-electron chi connectivity index (χ4n) is 1.27. The monoisotopic (exact) mass is 326 g/mol. The molecule has 7 heteroatoms. The highest BCUT2D eigenvalue weighted by Gasteiger charge is 1.93. The molecule has 7 nitrogen and oxygen atoms in total. The van der Waals surface area contributed by atoms with E-state index in [2.05, 4.69) is 0 Å². The Morgan fingerprint density at radius 3 is 0.727 bits per heavy atom. The van der Waals surface area contributed by atoms with E-state index < -0.39 is 0 Å². The third-order valence-electron chi connectivity index (χ3n) is 2.35. The van der Waals surface area contributed by atoms with Crippen LogP contribution in [0, 0.1) is 0 Å². The minimum absolute atomic E-state index is 0. The van der Waals surface area contributed by atoms with Gasteiger partial charge in [-0.2, -0.15) is 0 Å².